The van der Waals surface area contributed by atoms with E-state index >= 15 is 0 Å². The number of ether oxygens (including phenoxy) is 1. The highest BCUT2D eigenvalue weighted by atomic mass is 35.5. The van der Waals surface area contributed by atoms with E-state index in [0.29, 0.717) is 66.7 Å². The van der Waals surface area contributed by atoms with Crippen LogP contribution in [0.5, 0.6) is 0 Å². The molecule has 0 atom stereocenters. The maximum Gasteiger partial charge on any atom is 0.455 e. The summed E-state index contributed by atoms with van der Waals surface area (Å²) in [5.74, 6) is -4.93. The zero-order chi connectivity index (χ0) is 30.2. The van der Waals surface area contributed by atoms with Gasteiger partial charge in [-0.05, 0) is 68.8 Å². The highest BCUT2D eigenvalue weighted by molar-refractivity contribution is 6.37. The Balaban J connectivity index is 1.38. The van der Waals surface area contributed by atoms with Crippen LogP contribution in [-0.2, 0) is 24.2 Å². The number of nitrogens with zero attached hydrogens (tertiary/aromatic N) is 3. The minimum absolute atomic E-state index is 0.109. The number of morpholine rings is 1. The van der Waals surface area contributed by atoms with Crippen LogP contribution in [0.2, 0.25) is 5.02 Å². The Hall–Kier alpha value is -3.15. The van der Waals surface area contributed by atoms with E-state index in [-0.39, 0.29) is 10.5 Å². The molecule has 1 N–H and O–H groups in total. The Labute approximate surface area is 244 Å². The number of hydrogen-bond donors (Lipinski definition) is 1. The van der Waals surface area contributed by atoms with Crippen LogP contribution in [0, 0.1) is 6.92 Å². The molecule has 0 radical (unpaired) electrons. The summed E-state index contributed by atoms with van der Waals surface area (Å²) in [5.41, 5.74) is 3.39. The van der Waals surface area contributed by atoms with Gasteiger partial charge in [-0.15, -0.1) is 0 Å². The van der Waals surface area contributed by atoms with E-state index < -0.39 is 24.2 Å². The second-order valence-electron chi connectivity index (χ2n) is 10.8. The van der Waals surface area contributed by atoms with Gasteiger partial charge in [0.05, 0.1) is 30.3 Å². The molecule has 2 aromatic carbocycles. The standard InChI is InChI=1S/C30H32ClF5N4O2/c1-19-22(4-3-11-38(2)17-20-5-7-21(8-6-20)39-12-14-42-15-13-39)27-25(40(19)18-29(32,33)30(34,35)36)10-9-24-28(27)23(31)16-26(41)37-24/h5-10,16H,3-4,11-15,17-18H2,1-2H3,(H,37,41). The Morgan fingerprint density at radius 1 is 1.02 bits per heavy atom. The summed E-state index contributed by atoms with van der Waals surface area (Å²) >= 11 is 6.44. The van der Waals surface area contributed by atoms with Crippen molar-refractivity contribution < 1.29 is 26.7 Å². The van der Waals surface area contributed by atoms with Crippen LogP contribution in [0.1, 0.15) is 23.2 Å². The SMILES string of the molecule is Cc1c(CCCN(C)Cc2ccc(N3CCOCC3)cc2)c2c3c(Cl)cc(=O)[nH]c3ccc2n1CC(F)(F)C(F)(F)F. The van der Waals surface area contributed by atoms with E-state index in [1.165, 1.54) is 18.2 Å². The topological polar surface area (TPSA) is 53.5 Å². The fraction of sp³-hybridized carbons (Fsp3) is 0.433. The zero-order valence-corrected chi connectivity index (χ0v) is 24.1. The summed E-state index contributed by atoms with van der Waals surface area (Å²) < 4.78 is 74.4. The lowest BCUT2D eigenvalue weighted by Crippen LogP contribution is -2.40. The Kier molecular flexibility index (Phi) is 8.55. The Morgan fingerprint density at radius 3 is 2.38 bits per heavy atom. The first-order valence-corrected chi connectivity index (χ1v) is 14.1. The summed E-state index contributed by atoms with van der Waals surface area (Å²) in [6.07, 6.45) is -4.66. The zero-order valence-electron chi connectivity index (χ0n) is 23.3. The number of rotatable bonds is 9. The molecule has 4 aromatic rings. The van der Waals surface area contributed by atoms with E-state index in [2.05, 4.69) is 39.0 Å². The van der Waals surface area contributed by atoms with Crippen LogP contribution in [-0.4, -0.2) is 66.4 Å². The van der Waals surface area contributed by atoms with Crippen molar-refractivity contribution >= 4 is 39.1 Å². The molecule has 0 amide bonds. The number of fused-ring (bicyclic) bond motifs is 3. The first-order valence-electron chi connectivity index (χ1n) is 13.7. The predicted molar refractivity (Wildman–Crippen MR) is 155 cm³/mol. The fourth-order valence-electron chi connectivity index (χ4n) is 5.70. The number of benzene rings is 2. The van der Waals surface area contributed by atoms with Crippen molar-refractivity contribution in [3.8, 4) is 0 Å². The second-order valence-corrected chi connectivity index (χ2v) is 11.2. The number of halogens is 6. The third kappa shape index (κ3) is 6.14. The lowest BCUT2D eigenvalue weighted by Gasteiger charge is -2.29. The molecule has 6 nitrogen and oxygen atoms in total. The van der Waals surface area contributed by atoms with Gasteiger partial charge < -0.3 is 24.1 Å². The molecule has 5 rings (SSSR count). The number of hydrogen-bond acceptors (Lipinski definition) is 4. The van der Waals surface area contributed by atoms with E-state index in [9.17, 15) is 26.7 Å². The van der Waals surface area contributed by atoms with E-state index in [1.54, 1.807) is 6.92 Å². The van der Waals surface area contributed by atoms with Crippen molar-refractivity contribution in [1.29, 1.82) is 0 Å². The number of nitrogens with one attached hydrogen (secondary N) is 1. The first-order chi connectivity index (χ1) is 19.9. The van der Waals surface area contributed by atoms with E-state index in [1.807, 2.05) is 7.05 Å². The molecule has 1 aliphatic rings. The summed E-state index contributed by atoms with van der Waals surface area (Å²) in [6.45, 7) is 4.50. The smallest absolute Gasteiger partial charge is 0.378 e. The number of aryl methyl sites for hydroxylation is 1. The monoisotopic (exact) mass is 610 g/mol. The molecule has 1 saturated heterocycles. The van der Waals surface area contributed by atoms with Crippen molar-refractivity contribution in [2.75, 3.05) is 44.8 Å². The molecule has 0 saturated carbocycles. The van der Waals surface area contributed by atoms with Gasteiger partial charge in [-0.3, -0.25) is 4.79 Å². The number of aromatic amines is 1. The summed E-state index contributed by atoms with van der Waals surface area (Å²) in [6, 6.07) is 12.5. The minimum atomic E-state index is -5.70. The largest absolute Gasteiger partial charge is 0.455 e. The van der Waals surface area contributed by atoms with Gasteiger partial charge in [0.15, 0.2) is 0 Å². The third-order valence-corrected chi connectivity index (χ3v) is 8.17. The van der Waals surface area contributed by atoms with Crippen LogP contribution >= 0.6 is 11.6 Å². The van der Waals surface area contributed by atoms with E-state index in [0.717, 1.165) is 28.9 Å². The summed E-state index contributed by atoms with van der Waals surface area (Å²) in [5, 5.41) is 1.01. The van der Waals surface area contributed by atoms with Crippen molar-refractivity contribution in [1.82, 2.24) is 14.5 Å². The average molecular weight is 611 g/mol. The number of H-pyrrole nitrogens is 1. The minimum Gasteiger partial charge on any atom is -0.378 e. The molecule has 1 fully saturated rings. The highest BCUT2D eigenvalue weighted by Crippen LogP contribution is 2.41. The van der Waals surface area contributed by atoms with Crippen LogP contribution in [0.3, 0.4) is 0 Å². The third-order valence-electron chi connectivity index (χ3n) is 7.88. The van der Waals surface area contributed by atoms with Gasteiger partial charge in [0.25, 0.3) is 0 Å². The van der Waals surface area contributed by atoms with Gasteiger partial charge >= 0.3 is 12.1 Å². The maximum atomic E-state index is 14.2. The number of alkyl halides is 5. The van der Waals surface area contributed by atoms with Crippen molar-refractivity contribution in [3.63, 3.8) is 0 Å². The van der Waals surface area contributed by atoms with Crippen LogP contribution in [0.4, 0.5) is 27.6 Å². The first kappa shape index (κ1) is 30.3. The Morgan fingerprint density at radius 2 is 1.71 bits per heavy atom. The molecule has 3 heterocycles. The van der Waals surface area contributed by atoms with Crippen LogP contribution in [0.25, 0.3) is 21.8 Å². The number of anilines is 1. The maximum absolute atomic E-state index is 14.2. The molecule has 0 bridgehead atoms. The molecule has 0 spiro atoms. The summed E-state index contributed by atoms with van der Waals surface area (Å²) in [7, 11) is 1.98. The van der Waals surface area contributed by atoms with Gasteiger partial charge in [0, 0.05) is 53.4 Å². The molecule has 42 heavy (non-hydrogen) atoms. The molecule has 1 aliphatic heterocycles. The quantitative estimate of drug-likeness (QED) is 0.219. The fourth-order valence-corrected chi connectivity index (χ4v) is 6.00. The van der Waals surface area contributed by atoms with Gasteiger partial charge in [0.2, 0.25) is 5.56 Å². The van der Waals surface area contributed by atoms with Crippen LogP contribution in [0.15, 0.2) is 47.3 Å². The molecule has 0 aliphatic carbocycles. The lowest BCUT2D eigenvalue weighted by atomic mass is 10.0. The normalized spacial score (nSPS) is 14.9. The molecule has 0 unspecified atom stereocenters. The molecule has 226 valence electrons. The van der Waals surface area contributed by atoms with Crippen molar-refractivity contribution in [2.45, 2.75) is 45.0 Å². The lowest BCUT2D eigenvalue weighted by molar-refractivity contribution is -0.286. The second kappa shape index (κ2) is 11.9. The number of pyridine rings is 1. The van der Waals surface area contributed by atoms with Crippen LogP contribution < -0.4 is 10.5 Å². The average Bonchev–Trinajstić information content (AvgIpc) is 3.18. The van der Waals surface area contributed by atoms with Gasteiger partial charge in [0.1, 0.15) is 0 Å². The van der Waals surface area contributed by atoms with Crippen molar-refractivity contribution in [2.24, 2.45) is 0 Å². The van der Waals surface area contributed by atoms with E-state index in [4.69, 9.17) is 16.3 Å². The van der Waals surface area contributed by atoms with Gasteiger partial charge in [-0.25, -0.2) is 0 Å². The summed E-state index contributed by atoms with van der Waals surface area (Å²) in [4.78, 5) is 19.1. The van der Waals surface area contributed by atoms with Crippen molar-refractivity contribution in [3.05, 3.63) is 74.7 Å². The number of aromatic nitrogens is 2. The predicted octanol–water partition coefficient (Wildman–Crippen LogP) is 6.54. The highest BCUT2D eigenvalue weighted by Gasteiger charge is 2.57. The molecule has 12 heteroatoms. The Bertz CT molecular complexity index is 1630. The molecule has 2 aromatic heterocycles. The molecular formula is C30H32ClF5N4O2. The van der Waals surface area contributed by atoms with Gasteiger partial charge in [-0.2, -0.15) is 22.0 Å². The molecular weight excluding hydrogens is 579 g/mol. The van der Waals surface area contributed by atoms with Gasteiger partial charge in [-0.1, -0.05) is 23.7 Å².